The number of urea groups is 1. The Kier molecular flexibility index (Phi) is 3.89. The van der Waals surface area contributed by atoms with Crippen LogP contribution in [0.5, 0.6) is 6.01 Å². The molecule has 1 aliphatic heterocycles. The van der Waals surface area contributed by atoms with Gasteiger partial charge in [-0.15, -0.1) is 0 Å². The molecule has 142 valence electrons. The lowest BCUT2D eigenvalue weighted by Crippen LogP contribution is -2.29. The number of carbonyl (C=O) groups excluding carboxylic acids is 1. The van der Waals surface area contributed by atoms with Gasteiger partial charge >= 0.3 is 12.0 Å². The zero-order valence-electron chi connectivity index (χ0n) is 15.9. The smallest absolute Gasteiger partial charge is 0.324 e. The van der Waals surface area contributed by atoms with Gasteiger partial charge in [-0.25, -0.2) is 19.7 Å². The number of pyridine rings is 1. The SMILES string of the molecule is COc1ncc(-c2cc(C3CC3)c3ccc(N4CCN(C)C4=O)cc3n2)cn1. The van der Waals surface area contributed by atoms with E-state index < -0.39 is 0 Å². The van der Waals surface area contributed by atoms with Gasteiger partial charge in [0.1, 0.15) is 0 Å². The molecule has 7 nitrogen and oxygen atoms in total. The molecule has 1 aromatic carbocycles. The molecular weight excluding hydrogens is 354 g/mol. The maximum atomic E-state index is 12.4. The van der Waals surface area contributed by atoms with Crippen molar-refractivity contribution < 1.29 is 9.53 Å². The van der Waals surface area contributed by atoms with Crippen LogP contribution in [0.4, 0.5) is 10.5 Å². The first-order valence-corrected chi connectivity index (χ1v) is 9.48. The molecule has 2 aliphatic rings. The van der Waals surface area contributed by atoms with Gasteiger partial charge < -0.3 is 9.64 Å². The Hall–Kier alpha value is -3.22. The highest BCUT2D eigenvalue weighted by Crippen LogP contribution is 2.44. The second kappa shape index (κ2) is 6.44. The maximum Gasteiger partial charge on any atom is 0.324 e. The van der Waals surface area contributed by atoms with Crippen molar-refractivity contribution in [2.45, 2.75) is 18.8 Å². The van der Waals surface area contributed by atoms with Gasteiger partial charge in [0.05, 0.1) is 18.3 Å². The molecule has 1 saturated heterocycles. The fourth-order valence-corrected chi connectivity index (χ4v) is 3.73. The van der Waals surface area contributed by atoms with Gasteiger partial charge in [-0.1, -0.05) is 6.07 Å². The molecular formula is C21H21N5O2. The summed E-state index contributed by atoms with van der Waals surface area (Å²) in [5.41, 5.74) is 4.80. The lowest BCUT2D eigenvalue weighted by atomic mass is 10.0. The van der Waals surface area contributed by atoms with Crippen molar-refractivity contribution in [3.63, 3.8) is 0 Å². The van der Waals surface area contributed by atoms with Crippen molar-refractivity contribution >= 4 is 22.6 Å². The summed E-state index contributed by atoms with van der Waals surface area (Å²) in [6, 6.07) is 8.67. The van der Waals surface area contributed by atoms with Crippen molar-refractivity contribution in [2.24, 2.45) is 0 Å². The molecule has 3 heterocycles. The van der Waals surface area contributed by atoms with Gasteiger partial charge in [-0.2, -0.15) is 0 Å². The van der Waals surface area contributed by atoms with E-state index in [4.69, 9.17) is 9.72 Å². The van der Waals surface area contributed by atoms with E-state index >= 15 is 0 Å². The Morgan fingerprint density at radius 1 is 1.11 bits per heavy atom. The monoisotopic (exact) mass is 375 g/mol. The Bertz CT molecular complexity index is 1060. The molecule has 2 fully saturated rings. The summed E-state index contributed by atoms with van der Waals surface area (Å²) in [4.78, 5) is 29.2. The van der Waals surface area contributed by atoms with Crippen LogP contribution < -0.4 is 9.64 Å². The Labute approximate surface area is 163 Å². The minimum Gasteiger partial charge on any atom is -0.467 e. The van der Waals surface area contributed by atoms with Crippen LogP contribution in [-0.2, 0) is 0 Å². The number of amides is 2. The number of ether oxygens (including phenoxy) is 1. The van der Waals surface area contributed by atoms with E-state index in [0.717, 1.165) is 34.4 Å². The summed E-state index contributed by atoms with van der Waals surface area (Å²) < 4.78 is 5.05. The predicted octanol–water partition coefficient (Wildman–Crippen LogP) is 3.45. The van der Waals surface area contributed by atoms with Gasteiger partial charge in [0.2, 0.25) is 0 Å². The minimum atomic E-state index is 0.0291. The van der Waals surface area contributed by atoms with E-state index in [2.05, 4.69) is 22.1 Å². The number of anilines is 1. The minimum absolute atomic E-state index is 0.0291. The number of hydrogen-bond acceptors (Lipinski definition) is 5. The number of rotatable bonds is 4. The zero-order valence-corrected chi connectivity index (χ0v) is 15.9. The van der Waals surface area contributed by atoms with Crippen LogP contribution in [0.25, 0.3) is 22.2 Å². The van der Waals surface area contributed by atoms with Gasteiger partial charge in [0.15, 0.2) is 0 Å². The average molecular weight is 375 g/mol. The average Bonchev–Trinajstić information content (AvgIpc) is 3.52. The first kappa shape index (κ1) is 16.9. The van der Waals surface area contributed by atoms with E-state index in [-0.39, 0.29) is 6.03 Å². The Morgan fingerprint density at radius 3 is 2.54 bits per heavy atom. The van der Waals surface area contributed by atoms with E-state index in [1.165, 1.54) is 18.4 Å². The summed E-state index contributed by atoms with van der Waals surface area (Å²) in [5.74, 6) is 0.578. The summed E-state index contributed by atoms with van der Waals surface area (Å²) in [6.07, 6.45) is 5.88. The molecule has 1 saturated carbocycles. The lowest BCUT2D eigenvalue weighted by Gasteiger charge is -2.17. The van der Waals surface area contributed by atoms with E-state index in [9.17, 15) is 4.79 Å². The number of benzene rings is 1. The Morgan fingerprint density at radius 2 is 1.89 bits per heavy atom. The molecule has 2 amide bonds. The molecule has 3 aromatic rings. The van der Waals surface area contributed by atoms with Crippen LogP contribution in [-0.4, -0.2) is 53.1 Å². The molecule has 0 N–H and O–H groups in total. The standard InChI is InChI=1S/C21H21N5O2/c1-25-7-8-26(21(25)27)15-5-6-16-17(13-3-4-13)10-18(24-19(16)9-15)14-11-22-20(28-2)23-12-14/h5-6,9-13H,3-4,7-8H2,1-2H3. The summed E-state index contributed by atoms with van der Waals surface area (Å²) in [6.45, 7) is 1.43. The van der Waals surface area contributed by atoms with Crippen molar-refractivity contribution in [1.29, 1.82) is 0 Å². The molecule has 0 atom stereocenters. The highest BCUT2D eigenvalue weighted by molar-refractivity contribution is 5.97. The highest BCUT2D eigenvalue weighted by atomic mass is 16.5. The van der Waals surface area contributed by atoms with Crippen molar-refractivity contribution in [1.82, 2.24) is 19.9 Å². The van der Waals surface area contributed by atoms with E-state index in [0.29, 0.717) is 18.5 Å². The number of fused-ring (bicyclic) bond motifs is 1. The number of aromatic nitrogens is 3. The van der Waals surface area contributed by atoms with Crippen molar-refractivity contribution in [2.75, 3.05) is 32.1 Å². The molecule has 28 heavy (non-hydrogen) atoms. The normalized spacial score (nSPS) is 16.9. The zero-order chi connectivity index (χ0) is 19.3. The van der Waals surface area contributed by atoms with E-state index in [1.807, 2.05) is 19.2 Å². The molecule has 2 aromatic heterocycles. The third-order valence-electron chi connectivity index (χ3n) is 5.48. The molecule has 5 rings (SSSR count). The number of likely N-dealkylation sites (N-methyl/N-ethyl adjacent to an activating group) is 1. The van der Waals surface area contributed by atoms with Gasteiger partial charge in [0, 0.05) is 49.2 Å². The van der Waals surface area contributed by atoms with Gasteiger partial charge in [-0.05, 0) is 42.5 Å². The molecule has 0 unspecified atom stereocenters. The number of nitrogens with zero attached hydrogens (tertiary/aromatic N) is 5. The molecule has 0 spiro atoms. The molecule has 7 heteroatoms. The maximum absolute atomic E-state index is 12.4. The summed E-state index contributed by atoms with van der Waals surface area (Å²) in [5, 5.41) is 1.16. The molecule has 0 radical (unpaired) electrons. The van der Waals surface area contributed by atoms with Crippen LogP contribution in [0.1, 0.15) is 24.3 Å². The topological polar surface area (TPSA) is 71.5 Å². The van der Waals surface area contributed by atoms with Crippen LogP contribution in [0.15, 0.2) is 36.7 Å². The summed E-state index contributed by atoms with van der Waals surface area (Å²) in [7, 11) is 3.38. The fraction of sp³-hybridized carbons (Fsp3) is 0.333. The quantitative estimate of drug-likeness (QED) is 0.698. The van der Waals surface area contributed by atoms with Gasteiger partial charge in [-0.3, -0.25) is 4.90 Å². The number of hydrogen-bond donors (Lipinski definition) is 0. The lowest BCUT2D eigenvalue weighted by molar-refractivity contribution is 0.229. The van der Waals surface area contributed by atoms with Crippen LogP contribution in [0, 0.1) is 0 Å². The Balaban J connectivity index is 1.62. The van der Waals surface area contributed by atoms with Crippen LogP contribution >= 0.6 is 0 Å². The number of carbonyl (C=O) groups is 1. The van der Waals surface area contributed by atoms with Gasteiger partial charge in [0.25, 0.3) is 0 Å². The third kappa shape index (κ3) is 2.83. The largest absolute Gasteiger partial charge is 0.467 e. The number of methoxy groups -OCH3 is 1. The van der Waals surface area contributed by atoms with E-state index in [1.54, 1.807) is 29.3 Å². The van der Waals surface area contributed by atoms with Crippen molar-refractivity contribution in [3.05, 3.63) is 42.2 Å². The highest BCUT2D eigenvalue weighted by Gasteiger charge is 2.29. The predicted molar refractivity (Wildman–Crippen MR) is 107 cm³/mol. The first-order valence-electron chi connectivity index (χ1n) is 9.48. The molecule has 1 aliphatic carbocycles. The van der Waals surface area contributed by atoms with Crippen molar-refractivity contribution in [3.8, 4) is 17.3 Å². The molecule has 0 bridgehead atoms. The second-order valence-electron chi connectivity index (χ2n) is 7.39. The fourth-order valence-electron chi connectivity index (χ4n) is 3.73. The second-order valence-corrected chi connectivity index (χ2v) is 7.39. The van der Waals surface area contributed by atoms with Crippen LogP contribution in [0.2, 0.25) is 0 Å². The first-order chi connectivity index (χ1) is 13.6. The summed E-state index contributed by atoms with van der Waals surface area (Å²) >= 11 is 0. The third-order valence-corrected chi connectivity index (χ3v) is 5.48. The van der Waals surface area contributed by atoms with Crippen LogP contribution in [0.3, 0.4) is 0 Å².